The van der Waals surface area contributed by atoms with E-state index in [4.69, 9.17) is 5.11 Å². The topological polar surface area (TPSA) is 55.1 Å². The Hall–Kier alpha value is -2.10. The summed E-state index contributed by atoms with van der Waals surface area (Å²) in [6.45, 7) is 6.03. The molecule has 0 aliphatic rings. The molecule has 0 saturated heterocycles. The van der Waals surface area contributed by atoms with Crippen molar-refractivity contribution < 1.29 is 9.90 Å². The number of imidazole rings is 1. The minimum Gasteiger partial charge on any atom is -0.481 e. The van der Waals surface area contributed by atoms with Gasteiger partial charge in [0.05, 0.1) is 5.69 Å². The number of nitrogens with zero attached hydrogens (tertiary/aromatic N) is 2. The lowest BCUT2D eigenvalue weighted by molar-refractivity contribution is -0.136. The van der Waals surface area contributed by atoms with Crippen molar-refractivity contribution in [2.75, 3.05) is 0 Å². The second-order valence-corrected chi connectivity index (χ2v) is 4.73. The molecule has 0 spiro atoms. The van der Waals surface area contributed by atoms with Gasteiger partial charge in [0.15, 0.2) is 0 Å². The quantitative estimate of drug-likeness (QED) is 0.917. The van der Waals surface area contributed by atoms with E-state index < -0.39 is 5.97 Å². The molecule has 1 N–H and O–H groups in total. The highest BCUT2D eigenvalue weighted by Crippen LogP contribution is 2.18. The van der Waals surface area contributed by atoms with Gasteiger partial charge in [0.2, 0.25) is 0 Å². The molecule has 2 aromatic rings. The predicted octanol–water partition coefficient (Wildman–Crippen LogP) is 2.81. The molecule has 0 aliphatic heterocycles. The SMILES string of the molecule is Cc1nc(C)n(-c2ccc(CCC(=O)O)cc2)c1C. The minimum atomic E-state index is -0.763. The third kappa shape index (κ3) is 2.84. The van der Waals surface area contributed by atoms with Gasteiger partial charge < -0.3 is 9.67 Å². The molecule has 0 radical (unpaired) electrons. The van der Waals surface area contributed by atoms with E-state index in [1.54, 1.807) is 0 Å². The lowest BCUT2D eigenvalue weighted by Crippen LogP contribution is -2.01. The Labute approximate surface area is 112 Å². The van der Waals surface area contributed by atoms with Gasteiger partial charge in [0.1, 0.15) is 5.82 Å². The van der Waals surface area contributed by atoms with E-state index in [0.29, 0.717) is 6.42 Å². The fraction of sp³-hybridized carbons (Fsp3) is 0.333. The summed E-state index contributed by atoms with van der Waals surface area (Å²) in [6, 6.07) is 7.98. The summed E-state index contributed by atoms with van der Waals surface area (Å²) in [5, 5.41) is 8.67. The summed E-state index contributed by atoms with van der Waals surface area (Å²) in [5.41, 5.74) is 4.27. The van der Waals surface area contributed by atoms with E-state index in [2.05, 4.69) is 9.55 Å². The first-order valence-electron chi connectivity index (χ1n) is 6.32. The van der Waals surface area contributed by atoms with Gasteiger partial charge in [-0.3, -0.25) is 4.79 Å². The monoisotopic (exact) mass is 258 g/mol. The van der Waals surface area contributed by atoms with Crippen LogP contribution in [0.2, 0.25) is 0 Å². The molecule has 0 saturated carbocycles. The molecular weight excluding hydrogens is 240 g/mol. The van der Waals surface area contributed by atoms with Crippen LogP contribution in [0.4, 0.5) is 0 Å². The molecule has 1 aromatic heterocycles. The average Bonchev–Trinajstić information content (AvgIpc) is 2.62. The number of hydrogen-bond donors (Lipinski definition) is 1. The van der Waals surface area contributed by atoms with Gasteiger partial charge in [-0.2, -0.15) is 0 Å². The normalized spacial score (nSPS) is 10.7. The Balaban J connectivity index is 2.25. The Morgan fingerprint density at radius 2 is 1.84 bits per heavy atom. The van der Waals surface area contributed by atoms with Gasteiger partial charge in [0.25, 0.3) is 0 Å². The van der Waals surface area contributed by atoms with Gasteiger partial charge >= 0.3 is 5.97 Å². The van der Waals surface area contributed by atoms with Crippen molar-refractivity contribution in [3.05, 3.63) is 47.0 Å². The standard InChI is InChI=1S/C15H18N2O2/c1-10-11(2)17(12(3)16-10)14-7-4-13(5-8-14)6-9-15(18)19/h4-5,7-8H,6,9H2,1-3H3,(H,18,19). The number of carboxylic acids is 1. The molecule has 19 heavy (non-hydrogen) atoms. The summed E-state index contributed by atoms with van der Waals surface area (Å²) < 4.78 is 2.11. The number of benzene rings is 1. The summed E-state index contributed by atoms with van der Waals surface area (Å²) in [6.07, 6.45) is 0.734. The number of aliphatic carboxylic acids is 1. The van der Waals surface area contributed by atoms with E-state index in [0.717, 1.165) is 28.5 Å². The van der Waals surface area contributed by atoms with E-state index in [1.165, 1.54) is 0 Å². The highest BCUT2D eigenvalue weighted by molar-refractivity contribution is 5.67. The van der Waals surface area contributed by atoms with Crippen molar-refractivity contribution >= 4 is 5.97 Å². The summed E-state index contributed by atoms with van der Waals surface area (Å²) in [7, 11) is 0. The predicted molar refractivity (Wildman–Crippen MR) is 73.7 cm³/mol. The second kappa shape index (κ2) is 5.26. The molecular formula is C15H18N2O2. The van der Waals surface area contributed by atoms with Crippen LogP contribution < -0.4 is 0 Å². The lowest BCUT2D eigenvalue weighted by Gasteiger charge is -2.09. The maximum atomic E-state index is 10.5. The molecule has 1 aromatic carbocycles. The van der Waals surface area contributed by atoms with Crippen LogP contribution in [0.1, 0.15) is 29.2 Å². The molecule has 0 bridgehead atoms. The number of aryl methyl sites for hydroxylation is 3. The molecule has 0 atom stereocenters. The van der Waals surface area contributed by atoms with E-state index in [-0.39, 0.29) is 6.42 Å². The van der Waals surface area contributed by atoms with Gasteiger partial charge in [-0.05, 0) is 44.9 Å². The van der Waals surface area contributed by atoms with Crippen LogP contribution in [0.3, 0.4) is 0 Å². The van der Waals surface area contributed by atoms with Crippen molar-refractivity contribution in [1.82, 2.24) is 9.55 Å². The van der Waals surface area contributed by atoms with Gasteiger partial charge in [-0.1, -0.05) is 12.1 Å². The number of carboxylic acid groups (broad SMARTS) is 1. The fourth-order valence-electron chi connectivity index (χ4n) is 2.22. The van der Waals surface area contributed by atoms with Crippen molar-refractivity contribution in [2.45, 2.75) is 33.6 Å². The zero-order valence-electron chi connectivity index (χ0n) is 11.5. The van der Waals surface area contributed by atoms with Gasteiger partial charge in [-0.25, -0.2) is 4.98 Å². The highest BCUT2D eigenvalue weighted by Gasteiger charge is 2.09. The zero-order valence-corrected chi connectivity index (χ0v) is 11.5. The van der Waals surface area contributed by atoms with E-state index >= 15 is 0 Å². The smallest absolute Gasteiger partial charge is 0.303 e. The van der Waals surface area contributed by atoms with Crippen LogP contribution >= 0.6 is 0 Å². The zero-order chi connectivity index (χ0) is 14.0. The van der Waals surface area contributed by atoms with Gasteiger partial charge in [-0.15, -0.1) is 0 Å². The first-order chi connectivity index (χ1) is 8.99. The first kappa shape index (κ1) is 13.3. The van der Waals surface area contributed by atoms with Crippen molar-refractivity contribution in [3.63, 3.8) is 0 Å². The minimum absolute atomic E-state index is 0.168. The molecule has 0 unspecified atom stereocenters. The van der Waals surface area contributed by atoms with Crippen LogP contribution in [0.15, 0.2) is 24.3 Å². The van der Waals surface area contributed by atoms with Crippen LogP contribution in [-0.2, 0) is 11.2 Å². The molecule has 0 aliphatic carbocycles. The fourth-order valence-corrected chi connectivity index (χ4v) is 2.22. The summed E-state index contributed by atoms with van der Waals surface area (Å²) in [4.78, 5) is 15.0. The Kier molecular flexibility index (Phi) is 3.69. The number of aromatic nitrogens is 2. The molecule has 100 valence electrons. The number of hydrogen-bond acceptors (Lipinski definition) is 2. The second-order valence-electron chi connectivity index (χ2n) is 4.73. The third-order valence-corrected chi connectivity index (χ3v) is 3.33. The Bertz CT molecular complexity index is 597. The molecule has 2 rings (SSSR count). The molecule has 0 fully saturated rings. The van der Waals surface area contributed by atoms with Crippen molar-refractivity contribution in [3.8, 4) is 5.69 Å². The Morgan fingerprint density at radius 1 is 1.21 bits per heavy atom. The molecule has 0 amide bonds. The third-order valence-electron chi connectivity index (χ3n) is 3.33. The summed E-state index contributed by atoms with van der Waals surface area (Å²) >= 11 is 0. The maximum absolute atomic E-state index is 10.5. The van der Waals surface area contributed by atoms with Crippen LogP contribution in [0.5, 0.6) is 0 Å². The van der Waals surface area contributed by atoms with Crippen LogP contribution in [0.25, 0.3) is 5.69 Å². The summed E-state index contributed by atoms with van der Waals surface area (Å²) in [5.74, 6) is 0.203. The van der Waals surface area contributed by atoms with E-state index in [1.807, 2.05) is 45.0 Å². The largest absolute Gasteiger partial charge is 0.481 e. The van der Waals surface area contributed by atoms with Crippen LogP contribution in [-0.4, -0.2) is 20.6 Å². The van der Waals surface area contributed by atoms with E-state index in [9.17, 15) is 4.79 Å². The maximum Gasteiger partial charge on any atom is 0.303 e. The van der Waals surface area contributed by atoms with Crippen LogP contribution in [0, 0.1) is 20.8 Å². The highest BCUT2D eigenvalue weighted by atomic mass is 16.4. The van der Waals surface area contributed by atoms with Crippen molar-refractivity contribution in [1.29, 1.82) is 0 Å². The Morgan fingerprint density at radius 3 is 2.32 bits per heavy atom. The molecule has 1 heterocycles. The molecule has 4 heteroatoms. The van der Waals surface area contributed by atoms with Gasteiger partial charge in [0, 0.05) is 17.8 Å². The average molecular weight is 258 g/mol. The van der Waals surface area contributed by atoms with Crippen molar-refractivity contribution in [2.24, 2.45) is 0 Å². The molecule has 4 nitrogen and oxygen atoms in total. The first-order valence-corrected chi connectivity index (χ1v) is 6.32. The number of rotatable bonds is 4. The number of carbonyl (C=O) groups is 1. The lowest BCUT2D eigenvalue weighted by atomic mass is 10.1.